The Bertz CT molecular complexity index is 424. The van der Waals surface area contributed by atoms with E-state index in [2.05, 4.69) is 22.4 Å². The van der Waals surface area contributed by atoms with Crippen LogP contribution >= 0.6 is 11.3 Å². The third-order valence-corrected chi connectivity index (χ3v) is 4.02. The number of likely N-dealkylation sites (tertiary alicyclic amines) is 1. The van der Waals surface area contributed by atoms with Gasteiger partial charge in [-0.2, -0.15) is 0 Å². The molecule has 2 heterocycles. The van der Waals surface area contributed by atoms with E-state index in [1.807, 2.05) is 0 Å². The fourth-order valence-electron chi connectivity index (χ4n) is 2.03. The molecule has 2 amide bonds. The molecule has 7 heteroatoms. The lowest BCUT2D eigenvalue weighted by atomic mass is 10.2. The van der Waals surface area contributed by atoms with Gasteiger partial charge in [0.2, 0.25) is 5.13 Å². The van der Waals surface area contributed by atoms with Crippen molar-refractivity contribution >= 4 is 22.5 Å². The second kappa shape index (κ2) is 6.81. The summed E-state index contributed by atoms with van der Waals surface area (Å²) >= 11 is 1.43. The number of aromatic nitrogens is 2. The summed E-state index contributed by atoms with van der Waals surface area (Å²) in [5.74, 6) is 0. The molecule has 1 fully saturated rings. The second-order valence-electron chi connectivity index (χ2n) is 4.78. The molecule has 0 aromatic carbocycles. The largest absolute Gasteiger partial charge is 0.391 e. The first-order valence-electron chi connectivity index (χ1n) is 6.75. The van der Waals surface area contributed by atoms with Gasteiger partial charge in [-0.15, -0.1) is 10.2 Å². The van der Waals surface area contributed by atoms with Gasteiger partial charge in [0.1, 0.15) is 5.01 Å². The van der Waals surface area contributed by atoms with Crippen LogP contribution in [0.4, 0.5) is 9.93 Å². The molecule has 0 bridgehead atoms. The Hall–Kier alpha value is -1.21. The van der Waals surface area contributed by atoms with E-state index in [4.69, 9.17) is 0 Å². The number of anilines is 1. The van der Waals surface area contributed by atoms with Gasteiger partial charge in [0.25, 0.3) is 0 Å². The maximum atomic E-state index is 11.9. The number of amides is 2. The van der Waals surface area contributed by atoms with Crippen LogP contribution in [-0.4, -0.2) is 45.4 Å². The summed E-state index contributed by atoms with van der Waals surface area (Å²) in [6, 6.07) is -0.201. The molecular weight excluding hydrogens is 264 g/mol. The molecule has 0 radical (unpaired) electrons. The number of nitrogens with one attached hydrogen (secondary N) is 1. The number of hydrogen-bond donors (Lipinski definition) is 2. The highest BCUT2D eigenvalue weighted by Crippen LogP contribution is 2.19. The summed E-state index contributed by atoms with van der Waals surface area (Å²) in [7, 11) is 0. The SMILES string of the molecule is CCCCCc1nnc(NC(=O)N2CC[C@H](O)C2)s1. The Kier molecular flexibility index (Phi) is 5.09. The number of carbonyl (C=O) groups is 1. The molecule has 6 nitrogen and oxygen atoms in total. The van der Waals surface area contributed by atoms with Gasteiger partial charge in [-0.05, 0) is 12.8 Å². The Labute approximate surface area is 116 Å². The molecule has 2 N–H and O–H groups in total. The zero-order chi connectivity index (χ0) is 13.7. The lowest BCUT2D eigenvalue weighted by Crippen LogP contribution is -2.33. The standard InChI is InChI=1S/C12H20N4O2S/c1-2-3-4-5-10-14-15-11(19-10)13-12(18)16-7-6-9(17)8-16/h9,17H,2-8H2,1H3,(H,13,15,18)/t9-/m0/s1. The van der Waals surface area contributed by atoms with Gasteiger partial charge in [0.05, 0.1) is 6.10 Å². The Balaban J connectivity index is 1.80. The minimum absolute atomic E-state index is 0.201. The average molecular weight is 284 g/mol. The van der Waals surface area contributed by atoms with E-state index in [1.165, 1.54) is 24.2 Å². The highest BCUT2D eigenvalue weighted by atomic mass is 32.1. The van der Waals surface area contributed by atoms with E-state index in [0.717, 1.165) is 17.8 Å². The molecule has 1 saturated heterocycles. The van der Waals surface area contributed by atoms with E-state index < -0.39 is 6.10 Å². The minimum Gasteiger partial charge on any atom is -0.391 e. The Morgan fingerprint density at radius 2 is 2.37 bits per heavy atom. The summed E-state index contributed by atoms with van der Waals surface area (Å²) < 4.78 is 0. The molecule has 0 saturated carbocycles. The molecule has 19 heavy (non-hydrogen) atoms. The van der Waals surface area contributed by atoms with Gasteiger partial charge >= 0.3 is 6.03 Å². The molecule has 1 aliphatic heterocycles. The second-order valence-corrected chi connectivity index (χ2v) is 5.84. The molecule has 2 rings (SSSR count). The number of hydrogen-bond acceptors (Lipinski definition) is 5. The van der Waals surface area contributed by atoms with E-state index in [9.17, 15) is 9.90 Å². The Morgan fingerprint density at radius 1 is 1.53 bits per heavy atom. The smallest absolute Gasteiger partial charge is 0.323 e. The van der Waals surface area contributed by atoms with Gasteiger partial charge in [0, 0.05) is 19.5 Å². The van der Waals surface area contributed by atoms with E-state index in [1.54, 1.807) is 4.90 Å². The molecule has 1 aromatic rings. The van der Waals surface area contributed by atoms with Crippen LogP contribution in [0.5, 0.6) is 0 Å². The summed E-state index contributed by atoms with van der Waals surface area (Å²) in [4.78, 5) is 13.5. The quantitative estimate of drug-likeness (QED) is 0.809. The van der Waals surface area contributed by atoms with Crippen LogP contribution in [0.1, 0.15) is 37.6 Å². The molecule has 0 aliphatic carbocycles. The average Bonchev–Trinajstić information content (AvgIpc) is 2.99. The van der Waals surface area contributed by atoms with Crippen molar-refractivity contribution in [2.45, 2.75) is 45.1 Å². The lowest BCUT2D eigenvalue weighted by molar-refractivity contribution is 0.176. The third kappa shape index (κ3) is 4.14. The fraction of sp³-hybridized carbons (Fsp3) is 0.750. The number of aliphatic hydroxyl groups excluding tert-OH is 1. The molecule has 1 aliphatic rings. The van der Waals surface area contributed by atoms with Crippen molar-refractivity contribution in [3.63, 3.8) is 0 Å². The van der Waals surface area contributed by atoms with Crippen LogP contribution < -0.4 is 5.32 Å². The highest BCUT2D eigenvalue weighted by Gasteiger charge is 2.25. The molecule has 106 valence electrons. The predicted octanol–water partition coefficient (Wildman–Crippen LogP) is 1.87. The lowest BCUT2D eigenvalue weighted by Gasteiger charge is -2.14. The number of aryl methyl sites for hydroxylation is 1. The first-order valence-corrected chi connectivity index (χ1v) is 7.57. The van der Waals surface area contributed by atoms with E-state index in [-0.39, 0.29) is 6.03 Å². The zero-order valence-electron chi connectivity index (χ0n) is 11.1. The van der Waals surface area contributed by atoms with Gasteiger partial charge in [-0.25, -0.2) is 4.79 Å². The number of rotatable bonds is 5. The molecule has 1 atom stereocenters. The van der Waals surface area contributed by atoms with Crippen molar-refractivity contribution in [1.82, 2.24) is 15.1 Å². The summed E-state index contributed by atoms with van der Waals surface area (Å²) in [5.41, 5.74) is 0. The van der Waals surface area contributed by atoms with Crippen LogP contribution in [-0.2, 0) is 6.42 Å². The summed E-state index contributed by atoms with van der Waals surface area (Å²) in [5, 5.41) is 21.7. The zero-order valence-corrected chi connectivity index (χ0v) is 11.9. The Morgan fingerprint density at radius 3 is 3.05 bits per heavy atom. The first-order chi connectivity index (χ1) is 9.19. The maximum absolute atomic E-state index is 11.9. The number of aliphatic hydroxyl groups is 1. The van der Waals surface area contributed by atoms with Crippen LogP contribution in [0.25, 0.3) is 0 Å². The minimum atomic E-state index is -0.398. The van der Waals surface area contributed by atoms with E-state index in [0.29, 0.717) is 24.6 Å². The van der Waals surface area contributed by atoms with Crippen molar-refractivity contribution in [2.75, 3.05) is 18.4 Å². The van der Waals surface area contributed by atoms with Crippen LogP contribution in [0.15, 0.2) is 0 Å². The normalized spacial score (nSPS) is 18.8. The van der Waals surface area contributed by atoms with Crippen molar-refractivity contribution in [1.29, 1.82) is 0 Å². The molecule has 0 spiro atoms. The van der Waals surface area contributed by atoms with Crippen LogP contribution in [0.3, 0.4) is 0 Å². The van der Waals surface area contributed by atoms with Crippen molar-refractivity contribution in [2.24, 2.45) is 0 Å². The fourth-order valence-corrected chi connectivity index (χ4v) is 2.80. The third-order valence-electron chi connectivity index (χ3n) is 3.13. The van der Waals surface area contributed by atoms with Crippen molar-refractivity contribution in [3.05, 3.63) is 5.01 Å². The topological polar surface area (TPSA) is 78.4 Å². The summed E-state index contributed by atoms with van der Waals surface area (Å²) in [6.07, 6.45) is 4.64. The highest BCUT2D eigenvalue weighted by molar-refractivity contribution is 7.15. The number of nitrogens with zero attached hydrogens (tertiary/aromatic N) is 3. The monoisotopic (exact) mass is 284 g/mol. The van der Waals surface area contributed by atoms with Gasteiger partial charge in [-0.1, -0.05) is 31.1 Å². The maximum Gasteiger partial charge on any atom is 0.323 e. The number of unbranched alkanes of at least 4 members (excludes halogenated alkanes) is 2. The number of carbonyl (C=O) groups excluding carboxylic acids is 1. The van der Waals surface area contributed by atoms with Crippen LogP contribution in [0, 0.1) is 0 Å². The van der Waals surface area contributed by atoms with Crippen molar-refractivity contribution in [3.8, 4) is 0 Å². The van der Waals surface area contributed by atoms with Gasteiger partial charge < -0.3 is 10.0 Å². The first kappa shape index (κ1) is 14.2. The number of urea groups is 1. The summed E-state index contributed by atoms with van der Waals surface area (Å²) in [6.45, 7) is 3.15. The molecule has 1 aromatic heterocycles. The predicted molar refractivity (Wildman–Crippen MR) is 74.4 cm³/mol. The molecular formula is C12H20N4O2S. The number of β-amino-alcohol motifs (C(OH)–C–C–N with tert-alkyl or cyclic N) is 1. The van der Waals surface area contributed by atoms with E-state index >= 15 is 0 Å². The van der Waals surface area contributed by atoms with Gasteiger partial charge in [0.15, 0.2) is 0 Å². The van der Waals surface area contributed by atoms with Gasteiger partial charge in [-0.3, -0.25) is 5.32 Å². The van der Waals surface area contributed by atoms with Crippen molar-refractivity contribution < 1.29 is 9.90 Å². The molecule has 0 unspecified atom stereocenters. The van der Waals surface area contributed by atoms with Crippen LogP contribution in [0.2, 0.25) is 0 Å².